The van der Waals surface area contributed by atoms with Crippen molar-refractivity contribution in [3.05, 3.63) is 30.1 Å². The van der Waals surface area contributed by atoms with Crippen LogP contribution in [0.15, 0.2) is 24.3 Å². The minimum absolute atomic E-state index is 0.0313. The van der Waals surface area contributed by atoms with Gasteiger partial charge in [-0.3, -0.25) is 9.10 Å². The molecule has 2 atom stereocenters. The van der Waals surface area contributed by atoms with E-state index in [4.69, 9.17) is 0 Å². The van der Waals surface area contributed by atoms with Gasteiger partial charge in [0, 0.05) is 6.04 Å². The first-order valence-corrected chi connectivity index (χ1v) is 9.60. The van der Waals surface area contributed by atoms with Crippen molar-refractivity contribution in [2.45, 2.75) is 52.1 Å². The number of sulfonamides is 1. The number of carbonyl (C=O) groups excluding carboxylic acids is 1. The third kappa shape index (κ3) is 5.49. The zero-order valence-electron chi connectivity index (χ0n) is 14.0. The van der Waals surface area contributed by atoms with E-state index in [1.165, 1.54) is 24.3 Å². The maximum absolute atomic E-state index is 13.1. The molecule has 1 N–H and O–H groups in total. The molecule has 0 radical (unpaired) electrons. The Morgan fingerprint density at radius 2 is 1.83 bits per heavy atom. The van der Waals surface area contributed by atoms with E-state index in [0.717, 1.165) is 23.4 Å². The monoisotopic (exact) mass is 344 g/mol. The van der Waals surface area contributed by atoms with Gasteiger partial charge >= 0.3 is 0 Å². The molecule has 1 aromatic carbocycles. The van der Waals surface area contributed by atoms with Crippen molar-refractivity contribution in [2.24, 2.45) is 0 Å². The number of benzene rings is 1. The SMILES string of the molecule is CCC[C@H](C)NC(=O)[C@@H](CC)N(c1ccc(F)cc1)S(C)(=O)=O. The molecule has 0 saturated heterocycles. The van der Waals surface area contributed by atoms with Crippen molar-refractivity contribution in [3.63, 3.8) is 0 Å². The molecule has 0 aliphatic carbocycles. The maximum atomic E-state index is 13.1. The first-order chi connectivity index (χ1) is 10.7. The summed E-state index contributed by atoms with van der Waals surface area (Å²) in [6.45, 7) is 5.65. The fraction of sp³-hybridized carbons (Fsp3) is 0.562. The van der Waals surface area contributed by atoms with Crippen molar-refractivity contribution >= 4 is 21.6 Å². The molecule has 0 heterocycles. The van der Waals surface area contributed by atoms with Gasteiger partial charge in [-0.05, 0) is 44.0 Å². The summed E-state index contributed by atoms with van der Waals surface area (Å²) in [7, 11) is -3.69. The van der Waals surface area contributed by atoms with Crippen molar-refractivity contribution in [2.75, 3.05) is 10.6 Å². The Hall–Kier alpha value is -1.63. The van der Waals surface area contributed by atoms with Crippen LogP contribution in [0.3, 0.4) is 0 Å². The number of nitrogens with one attached hydrogen (secondary N) is 1. The topological polar surface area (TPSA) is 66.5 Å². The third-order valence-electron chi connectivity index (χ3n) is 3.52. The van der Waals surface area contributed by atoms with Crippen LogP contribution in [-0.2, 0) is 14.8 Å². The second kappa shape index (κ2) is 8.29. The molecule has 0 aliphatic rings. The van der Waals surface area contributed by atoms with E-state index in [9.17, 15) is 17.6 Å². The Morgan fingerprint density at radius 1 is 1.26 bits per heavy atom. The summed E-state index contributed by atoms with van der Waals surface area (Å²) in [5.74, 6) is -0.806. The quantitative estimate of drug-likeness (QED) is 0.788. The Bertz CT molecular complexity index is 617. The molecular weight excluding hydrogens is 319 g/mol. The average Bonchev–Trinajstić information content (AvgIpc) is 2.44. The van der Waals surface area contributed by atoms with E-state index in [1.807, 2.05) is 13.8 Å². The predicted molar refractivity (Wildman–Crippen MR) is 90.3 cm³/mol. The van der Waals surface area contributed by atoms with E-state index in [0.29, 0.717) is 6.42 Å². The molecule has 0 aliphatic heterocycles. The normalized spacial score (nSPS) is 14.1. The van der Waals surface area contributed by atoms with Crippen LogP contribution in [0.2, 0.25) is 0 Å². The van der Waals surface area contributed by atoms with Gasteiger partial charge in [-0.1, -0.05) is 20.3 Å². The van der Waals surface area contributed by atoms with Gasteiger partial charge in [0.2, 0.25) is 15.9 Å². The summed E-state index contributed by atoms with van der Waals surface area (Å²) in [6, 6.07) is 4.19. The van der Waals surface area contributed by atoms with Crippen LogP contribution in [-0.4, -0.2) is 32.7 Å². The van der Waals surface area contributed by atoms with Crippen LogP contribution >= 0.6 is 0 Å². The molecule has 0 unspecified atom stereocenters. The third-order valence-corrected chi connectivity index (χ3v) is 4.70. The molecule has 1 amide bonds. The molecule has 0 spiro atoms. The lowest BCUT2D eigenvalue weighted by Gasteiger charge is -2.31. The number of hydrogen-bond donors (Lipinski definition) is 1. The van der Waals surface area contributed by atoms with Crippen molar-refractivity contribution in [1.29, 1.82) is 0 Å². The van der Waals surface area contributed by atoms with Gasteiger partial charge in [0.05, 0.1) is 11.9 Å². The first-order valence-electron chi connectivity index (χ1n) is 7.76. The molecule has 1 aromatic rings. The number of amides is 1. The maximum Gasteiger partial charge on any atom is 0.244 e. The van der Waals surface area contributed by atoms with Gasteiger partial charge < -0.3 is 5.32 Å². The highest BCUT2D eigenvalue weighted by atomic mass is 32.2. The van der Waals surface area contributed by atoms with E-state index in [2.05, 4.69) is 5.32 Å². The Kier molecular flexibility index (Phi) is 7.00. The summed E-state index contributed by atoms with van der Waals surface area (Å²) < 4.78 is 38.5. The van der Waals surface area contributed by atoms with Crippen molar-refractivity contribution in [3.8, 4) is 0 Å². The van der Waals surface area contributed by atoms with E-state index in [1.54, 1.807) is 6.92 Å². The lowest BCUT2D eigenvalue weighted by molar-refractivity contribution is -0.122. The molecule has 5 nitrogen and oxygen atoms in total. The average molecular weight is 344 g/mol. The molecule has 0 saturated carbocycles. The summed E-state index contributed by atoms with van der Waals surface area (Å²) in [5, 5.41) is 2.85. The highest BCUT2D eigenvalue weighted by molar-refractivity contribution is 7.92. The van der Waals surface area contributed by atoms with Gasteiger partial charge in [-0.15, -0.1) is 0 Å². The summed E-state index contributed by atoms with van der Waals surface area (Å²) in [5.41, 5.74) is 0.277. The van der Waals surface area contributed by atoms with E-state index in [-0.39, 0.29) is 17.6 Å². The van der Waals surface area contributed by atoms with Gasteiger partial charge in [-0.2, -0.15) is 0 Å². The van der Waals surface area contributed by atoms with Gasteiger partial charge in [-0.25, -0.2) is 12.8 Å². The highest BCUT2D eigenvalue weighted by Gasteiger charge is 2.31. The number of carbonyl (C=O) groups is 1. The lowest BCUT2D eigenvalue weighted by atomic mass is 10.1. The first kappa shape index (κ1) is 19.4. The van der Waals surface area contributed by atoms with Gasteiger partial charge in [0.25, 0.3) is 0 Å². The predicted octanol–water partition coefficient (Wildman–Crippen LogP) is 2.68. The van der Waals surface area contributed by atoms with Crippen LogP contribution in [0.1, 0.15) is 40.0 Å². The van der Waals surface area contributed by atoms with Crippen LogP contribution in [0.25, 0.3) is 0 Å². The number of hydrogen-bond acceptors (Lipinski definition) is 3. The van der Waals surface area contributed by atoms with Crippen LogP contribution < -0.4 is 9.62 Å². The second-order valence-electron chi connectivity index (χ2n) is 5.66. The summed E-state index contributed by atoms with van der Waals surface area (Å²) >= 11 is 0. The smallest absolute Gasteiger partial charge is 0.244 e. The number of rotatable bonds is 8. The fourth-order valence-corrected chi connectivity index (χ4v) is 3.70. The number of nitrogens with zero attached hydrogens (tertiary/aromatic N) is 1. The zero-order valence-corrected chi connectivity index (χ0v) is 14.9. The van der Waals surface area contributed by atoms with Gasteiger partial charge in [0.15, 0.2) is 0 Å². The Balaban J connectivity index is 3.13. The molecule has 23 heavy (non-hydrogen) atoms. The van der Waals surface area contributed by atoms with Crippen LogP contribution in [0.5, 0.6) is 0 Å². The molecule has 0 bridgehead atoms. The van der Waals surface area contributed by atoms with Gasteiger partial charge in [0.1, 0.15) is 11.9 Å². The zero-order chi connectivity index (χ0) is 17.6. The van der Waals surface area contributed by atoms with Crippen molar-refractivity contribution < 1.29 is 17.6 Å². The highest BCUT2D eigenvalue weighted by Crippen LogP contribution is 2.23. The van der Waals surface area contributed by atoms with Crippen molar-refractivity contribution in [1.82, 2.24) is 5.32 Å². The number of anilines is 1. The fourth-order valence-electron chi connectivity index (χ4n) is 2.49. The van der Waals surface area contributed by atoms with Crippen LogP contribution in [0, 0.1) is 5.82 Å². The minimum atomic E-state index is -3.69. The Morgan fingerprint density at radius 3 is 2.26 bits per heavy atom. The molecule has 0 fully saturated rings. The molecule has 7 heteroatoms. The summed E-state index contributed by atoms with van der Waals surface area (Å²) in [6.07, 6.45) is 3.10. The minimum Gasteiger partial charge on any atom is -0.352 e. The number of halogens is 1. The van der Waals surface area contributed by atoms with E-state index >= 15 is 0 Å². The summed E-state index contributed by atoms with van der Waals surface area (Å²) in [4.78, 5) is 12.5. The lowest BCUT2D eigenvalue weighted by Crippen LogP contribution is -2.51. The van der Waals surface area contributed by atoms with E-state index < -0.39 is 21.9 Å². The molecule has 1 rings (SSSR count). The standard InChI is InChI=1S/C16H25FN2O3S/c1-5-7-12(3)18-16(20)15(6-2)19(23(4,21)22)14-10-8-13(17)9-11-14/h8-12,15H,5-7H2,1-4H3,(H,18,20)/t12-,15+/m0/s1. The molecular formula is C16H25FN2O3S. The Labute approximate surface area is 137 Å². The molecule has 130 valence electrons. The van der Waals surface area contributed by atoms with Crippen LogP contribution in [0.4, 0.5) is 10.1 Å². The second-order valence-corrected chi connectivity index (χ2v) is 7.52. The largest absolute Gasteiger partial charge is 0.352 e. The molecule has 0 aromatic heterocycles.